The Kier molecular flexibility index (Phi) is 6.04. The number of sulfonamides is 1. The number of carbonyl (C=O) groups excluding carboxylic acids is 1. The first-order chi connectivity index (χ1) is 13.7. The largest absolute Gasteiger partial charge is 0.353 e. The molecule has 2 aromatic rings. The molecule has 1 N–H and O–H groups in total. The first-order valence-corrected chi connectivity index (χ1v) is 10.8. The number of benzene rings is 2. The zero-order valence-corrected chi connectivity index (χ0v) is 17.9. The standard InChI is InChI=1S/C21H26N4O3S/c1-15-9-11-16(12-10-15)18(24(2)3)13-22-20(26)14-25(4)21-17-7-5-6-8-19(17)29(27,28)23-21/h5-12,18H,13-14H2,1-4H3,(H,22,26). The molecule has 0 bridgehead atoms. The molecule has 1 unspecified atom stereocenters. The zero-order valence-electron chi connectivity index (χ0n) is 17.1. The summed E-state index contributed by atoms with van der Waals surface area (Å²) in [5.41, 5.74) is 2.83. The predicted octanol–water partition coefficient (Wildman–Crippen LogP) is 1.79. The minimum Gasteiger partial charge on any atom is -0.353 e. The third kappa shape index (κ3) is 4.65. The second kappa shape index (κ2) is 8.34. The van der Waals surface area contributed by atoms with E-state index in [1.807, 2.05) is 21.0 Å². The number of aryl methyl sites for hydroxylation is 1. The van der Waals surface area contributed by atoms with Gasteiger partial charge in [-0.05, 0) is 38.7 Å². The Labute approximate surface area is 172 Å². The fraction of sp³-hybridized carbons (Fsp3) is 0.333. The van der Waals surface area contributed by atoms with E-state index in [0.29, 0.717) is 17.9 Å². The van der Waals surface area contributed by atoms with Crippen LogP contribution < -0.4 is 5.32 Å². The van der Waals surface area contributed by atoms with Gasteiger partial charge in [0.25, 0.3) is 10.0 Å². The lowest BCUT2D eigenvalue weighted by molar-refractivity contribution is -0.121. The maximum Gasteiger partial charge on any atom is 0.285 e. The molecular weight excluding hydrogens is 388 g/mol. The summed E-state index contributed by atoms with van der Waals surface area (Å²) in [5, 5.41) is 2.95. The molecule has 0 aromatic heterocycles. The number of rotatable bonds is 6. The van der Waals surface area contributed by atoms with E-state index in [1.54, 1.807) is 30.1 Å². The van der Waals surface area contributed by atoms with Crippen LogP contribution in [0, 0.1) is 6.92 Å². The van der Waals surface area contributed by atoms with E-state index in [2.05, 4.69) is 38.9 Å². The van der Waals surface area contributed by atoms with Crippen LogP contribution in [0.4, 0.5) is 0 Å². The Hall–Kier alpha value is -2.71. The van der Waals surface area contributed by atoms with E-state index >= 15 is 0 Å². The molecule has 1 atom stereocenters. The molecule has 1 aliphatic heterocycles. The molecule has 0 fully saturated rings. The molecular formula is C21H26N4O3S. The minimum absolute atomic E-state index is 0.0106. The molecule has 154 valence electrons. The number of carbonyl (C=O) groups is 1. The molecule has 0 saturated carbocycles. The average Bonchev–Trinajstić information content (AvgIpc) is 2.95. The number of fused-ring (bicyclic) bond motifs is 1. The number of nitrogens with zero attached hydrogens (tertiary/aromatic N) is 3. The summed E-state index contributed by atoms with van der Waals surface area (Å²) in [7, 11) is 1.90. The van der Waals surface area contributed by atoms with Gasteiger partial charge in [-0.3, -0.25) is 4.79 Å². The van der Waals surface area contributed by atoms with E-state index < -0.39 is 10.0 Å². The quantitative estimate of drug-likeness (QED) is 0.779. The van der Waals surface area contributed by atoms with Crippen LogP contribution in [-0.2, 0) is 14.8 Å². The smallest absolute Gasteiger partial charge is 0.285 e. The molecule has 29 heavy (non-hydrogen) atoms. The normalized spacial score (nSPS) is 15.6. The third-order valence-corrected chi connectivity index (χ3v) is 6.26. The van der Waals surface area contributed by atoms with Crippen LogP contribution in [0.15, 0.2) is 57.8 Å². The van der Waals surface area contributed by atoms with Crippen LogP contribution in [0.3, 0.4) is 0 Å². The maximum atomic E-state index is 12.5. The molecule has 0 spiro atoms. The van der Waals surface area contributed by atoms with E-state index in [4.69, 9.17) is 0 Å². The maximum absolute atomic E-state index is 12.5. The van der Waals surface area contributed by atoms with Gasteiger partial charge in [-0.15, -0.1) is 4.40 Å². The Morgan fingerprint density at radius 3 is 2.38 bits per heavy atom. The lowest BCUT2D eigenvalue weighted by atomic mass is 10.0. The number of hydrogen-bond donors (Lipinski definition) is 1. The van der Waals surface area contributed by atoms with Gasteiger partial charge < -0.3 is 15.1 Å². The van der Waals surface area contributed by atoms with Crippen LogP contribution in [0.5, 0.6) is 0 Å². The molecule has 8 heteroatoms. The van der Waals surface area contributed by atoms with Crippen molar-refractivity contribution in [3.05, 3.63) is 65.2 Å². The van der Waals surface area contributed by atoms with Crippen LogP contribution in [0.1, 0.15) is 22.7 Å². The summed E-state index contributed by atoms with van der Waals surface area (Å²) in [5.74, 6) is 0.0920. The molecule has 0 aliphatic carbocycles. The average molecular weight is 415 g/mol. The molecule has 0 radical (unpaired) electrons. The number of amides is 1. The monoisotopic (exact) mass is 414 g/mol. The van der Waals surface area contributed by atoms with E-state index in [1.165, 1.54) is 11.6 Å². The molecule has 1 amide bonds. The van der Waals surface area contributed by atoms with Crippen molar-refractivity contribution in [3.8, 4) is 0 Å². The summed E-state index contributed by atoms with van der Waals surface area (Å²) in [4.78, 5) is 16.3. The Balaban J connectivity index is 1.65. The highest BCUT2D eigenvalue weighted by atomic mass is 32.2. The lowest BCUT2D eigenvalue weighted by Gasteiger charge is -2.26. The highest BCUT2D eigenvalue weighted by molar-refractivity contribution is 7.90. The summed E-state index contributed by atoms with van der Waals surface area (Å²) in [6, 6.07) is 14.9. The highest BCUT2D eigenvalue weighted by Crippen LogP contribution is 2.26. The minimum atomic E-state index is -3.70. The van der Waals surface area contributed by atoms with Crippen molar-refractivity contribution in [3.63, 3.8) is 0 Å². The number of hydrogen-bond acceptors (Lipinski definition) is 5. The van der Waals surface area contributed by atoms with E-state index in [0.717, 1.165) is 5.56 Å². The van der Waals surface area contributed by atoms with Gasteiger partial charge in [-0.25, -0.2) is 0 Å². The molecule has 7 nitrogen and oxygen atoms in total. The second-order valence-corrected chi connectivity index (χ2v) is 9.01. The van der Waals surface area contributed by atoms with Gasteiger partial charge in [0.1, 0.15) is 4.90 Å². The highest BCUT2D eigenvalue weighted by Gasteiger charge is 2.31. The topological polar surface area (TPSA) is 82.1 Å². The van der Waals surface area contributed by atoms with Crippen LogP contribution in [-0.4, -0.2) is 64.2 Å². The Bertz CT molecular complexity index is 1030. The van der Waals surface area contributed by atoms with Crippen LogP contribution >= 0.6 is 0 Å². The van der Waals surface area contributed by atoms with Gasteiger partial charge >= 0.3 is 0 Å². The van der Waals surface area contributed by atoms with Gasteiger partial charge in [-0.1, -0.05) is 42.0 Å². The zero-order chi connectivity index (χ0) is 21.2. The number of nitrogens with one attached hydrogen (secondary N) is 1. The van der Waals surface area contributed by atoms with Crippen LogP contribution in [0.25, 0.3) is 0 Å². The number of likely N-dealkylation sites (N-methyl/N-ethyl adjacent to an activating group) is 2. The van der Waals surface area contributed by atoms with Crippen molar-refractivity contribution in [2.75, 3.05) is 34.2 Å². The molecule has 1 heterocycles. The summed E-state index contributed by atoms with van der Waals surface area (Å²) in [6.45, 7) is 2.50. The molecule has 1 aliphatic rings. The first kappa shape index (κ1) is 21.0. The fourth-order valence-corrected chi connectivity index (χ4v) is 4.56. The SMILES string of the molecule is Cc1ccc(C(CNC(=O)CN(C)C2=NS(=O)(=O)c3ccccc32)N(C)C)cc1. The second-order valence-electron chi connectivity index (χ2n) is 7.44. The fourth-order valence-electron chi connectivity index (χ4n) is 3.31. The van der Waals surface area contributed by atoms with E-state index in [9.17, 15) is 13.2 Å². The lowest BCUT2D eigenvalue weighted by Crippen LogP contribution is -2.41. The molecule has 3 rings (SSSR count). The van der Waals surface area contributed by atoms with Gasteiger partial charge in [0.05, 0.1) is 12.6 Å². The van der Waals surface area contributed by atoms with E-state index in [-0.39, 0.29) is 23.4 Å². The Morgan fingerprint density at radius 2 is 1.72 bits per heavy atom. The summed E-state index contributed by atoms with van der Waals surface area (Å²) in [6.07, 6.45) is 0. The summed E-state index contributed by atoms with van der Waals surface area (Å²) < 4.78 is 28.3. The van der Waals surface area contributed by atoms with Gasteiger partial charge in [0, 0.05) is 19.2 Å². The predicted molar refractivity (Wildman–Crippen MR) is 113 cm³/mol. The van der Waals surface area contributed by atoms with Crippen molar-refractivity contribution in [1.82, 2.24) is 15.1 Å². The van der Waals surface area contributed by atoms with Crippen molar-refractivity contribution < 1.29 is 13.2 Å². The van der Waals surface area contributed by atoms with Crippen LogP contribution in [0.2, 0.25) is 0 Å². The first-order valence-electron chi connectivity index (χ1n) is 9.34. The van der Waals surface area contributed by atoms with Gasteiger partial charge in [0.15, 0.2) is 5.84 Å². The number of amidine groups is 1. The van der Waals surface area contributed by atoms with Crippen molar-refractivity contribution >= 4 is 21.8 Å². The van der Waals surface area contributed by atoms with Crippen molar-refractivity contribution in [2.45, 2.75) is 17.9 Å². The van der Waals surface area contributed by atoms with Gasteiger partial charge in [0.2, 0.25) is 5.91 Å². The molecule has 2 aromatic carbocycles. The van der Waals surface area contributed by atoms with Crippen molar-refractivity contribution in [2.24, 2.45) is 4.40 Å². The van der Waals surface area contributed by atoms with Crippen molar-refractivity contribution in [1.29, 1.82) is 0 Å². The third-order valence-electron chi connectivity index (χ3n) is 4.93. The Morgan fingerprint density at radius 1 is 1.07 bits per heavy atom. The van der Waals surface area contributed by atoms with Gasteiger partial charge in [-0.2, -0.15) is 8.42 Å². The summed E-state index contributed by atoms with van der Waals surface area (Å²) >= 11 is 0. The molecule has 0 saturated heterocycles.